The monoisotopic (exact) mass is 248 g/mol. The van der Waals surface area contributed by atoms with Gasteiger partial charge in [0.15, 0.2) is 0 Å². The maximum atomic E-state index is 11.1. The second kappa shape index (κ2) is 4.05. The zero-order valence-electron chi connectivity index (χ0n) is 6.83. The Balaban J connectivity index is 2.77. The van der Waals surface area contributed by atoms with E-state index in [0.717, 1.165) is 8.66 Å². The maximum absolute atomic E-state index is 11.1. The van der Waals surface area contributed by atoms with Crippen LogP contribution in [0.15, 0.2) is 15.9 Å². The molecule has 4 heteroatoms. The Hall–Kier alpha value is -0.350. The third-order valence-electron chi connectivity index (χ3n) is 1.58. The molecule has 0 saturated heterocycles. The van der Waals surface area contributed by atoms with Gasteiger partial charge in [-0.05, 0) is 35.0 Å². The number of methoxy groups -OCH3 is 1. The van der Waals surface area contributed by atoms with E-state index in [9.17, 15) is 4.79 Å². The van der Waals surface area contributed by atoms with Crippen molar-refractivity contribution in [1.29, 1.82) is 0 Å². The smallest absolute Gasteiger partial charge is 0.313 e. The van der Waals surface area contributed by atoms with Gasteiger partial charge in [-0.25, -0.2) is 0 Å². The molecule has 1 aromatic heterocycles. The molecule has 0 bridgehead atoms. The molecule has 1 aromatic rings. The Morgan fingerprint density at radius 3 is 2.75 bits per heavy atom. The summed E-state index contributed by atoms with van der Waals surface area (Å²) >= 11 is 4.89. The average molecular weight is 249 g/mol. The Labute approximate surface area is 83.7 Å². The van der Waals surface area contributed by atoms with E-state index in [1.807, 2.05) is 19.1 Å². The summed E-state index contributed by atoms with van der Waals surface area (Å²) in [6.45, 7) is 1.84. The summed E-state index contributed by atoms with van der Waals surface area (Å²) in [5, 5.41) is 0. The number of hydrogen-bond acceptors (Lipinski definition) is 3. The summed E-state index contributed by atoms with van der Waals surface area (Å²) in [6.07, 6.45) is 0. The quantitative estimate of drug-likeness (QED) is 0.753. The van der Waals surface area contributed by atoms with Gasteiger partial charge in [0.2, 0.25) is 0 Å². The highest BCUT2D eigenvalue weighted by atomic mass is 79.9. The number of rotatable bonds is 2. The Morgan fingerprint density at radius 1 is 1.67 bits per heavy atom. The molecule has 66 valence electrons. The second-order valence-corrected chi connectivity index (χ2v) is 4.88. The predicted molar refractivity (Wildman–Crippen MR) is 52.5 cm³/mol. The van der Waals surface area contributed by atoms with Crippen molar-refractivity contribution in [3.8, 4) is 0 Å². The lowest BCUT2D eigenvalue weighted by molar-refractivity contribution is -0.141. The molecule has 0 N–H and O–H groups in total. The normalized spacial score (nSPS) is 12.6. The van der Waals surface area contributed by atoms with Crippen LogP contribution in [0.5, 0.6) is 0 Å². The van der Waals surface area contributed by atoms with Crippen molar-refractivity contribution < 1.29 is 9.53 Å². The molecule has 0 saturated carbocycles. The number of carbonyl (C=O) groups excluding carboxylic acids is 1. The Kier molecular flexibility index (Phi) is 3.29. The van der Waals surface area contributed by atoms with Gasteiger partial charge in [0.25, 0.3) is 0 Å². The molecule has 0 aliphatic heterocycles. The van der Waals surface area contributed by atoms with Crippen LogP contribution in [0.3, 0.4) is 0 Å². The van der Waals surface area contributed by atoms with Crippen LogP contribution in [0.25, 0.3) is 0 Å². The van der Waals surface area contributed by atoms with Crippen molar-refractivity contribution in [2.45, 2.75) is 12.8 Å². The van der Waals surface area contributed by atoms with Gasteiger partial charge in [-0.3, -0.25) is 4.79 Å². The van der Waals surface area contributed by atoms with Crippen molar-refractivity contribution in [1.82, 2.24) is 0 Å². The predicted octanol–water partition coefficient (Wildman–Crippen LogP) is 2.79. The van der Waals surface area contributed by atoms with Gasteiger partial charge in [0.05, 0.1) is 16.8 Å². The summed E-state index contributed by atoms with van der Waals surface area (Å²) in [5.74, 6) is -0.351. The fourth-order valence-electron chi connectivity index (χ4n) is 0.854. The van der Waals surface area contributed by atoms with Crippen molar-refractivity contribution >= 4 is 33.2 Å². The summed E-state index contributed by atoms with van der Waals surface area (Å²) in [5.41, 5.74) is 0. The topological polar surface area (TPSA) is 26.3 Å². The van der Waals surface area contributed by atoms with Gasteiger partial charge >= 0.3 is 5.97 Å². The average Bonchev–Trinajstić information content (AvgIpc) is 2.49. The van der Waals surface area contributed by atoms with E-state index in [2.05, 4.69) is 20.7 Å². The molecule has 1 heterocycles. The van der Waals surface area contributed by atoms with E-state index in [0.29, 0.717) is 0 Å². The molecule has 12 heavy (non-hydrogen) atoms. The number of carbonyl (C=O) groups is 1. The second-order valence-electron chi connectivity index (χ2n) is 2.39. The van der Waals surface area contributed by atoms with E-state index in [-0.39, 0.29) is 11.9 Å². The molecule has 0 radical (unpaired) electrons. The van der Waals surface area contributed by atoms with Gasteiger partial charge in [-0.15, -0.1) is 11.3 Å². The molecular formula is C8H9BrO2S. The van der Waals surface area contributed by atoms with Crippen molar-refractivity contribution in [3.05, 3.63) is 20.8 Å². The third kappa shape index (κ3) is 2.08. The van der Waals surface area contributed by atoms with E-state index in [1.54, 1.807) is 11.3 Å². The SMILES string of the molecule is COC(=O)[C@H](C)c1ccc(Br)s1. The number of esters is 1. The summed E-state index contributed by atoms with van der Waals surface area (Å²) in [7, 11) is 1.40. The van der Waals surface area contributed by atoms with Gasteiger partial charge in [-0.1, -0.05) is 0 Å². The zero-order valence-corrected chi connectivity index (χ0v) is 9.24. The maximum Gasteiger partial charge on any atom is 0.313 e. The number of ether oxygens (including phenoxy) is 1. The molecule has 0 unspecified atom stereocenters. The molecule has 0 amide bonds. The van der Waals surface area contributed by atoms with Crippen molar-refractivity contribution in [3.63, 3.8) is 0 Å². The largest absolute Gasteiger partial charge is 0.469 e. The number of hydrogen-bond donors (Lipinski definition) is 0. The first-order chi connectivity index (χ1) is 5.65. The highest BCUT2D eigenvalue weighted by Crippen LogP contribution is 2.28. The number of halogens is 1. The fraction of sp³-hybridized carbons (Fsp3) is 0.375. The molecule has 0 aliphatic rings. The minimum Gasteiger partial charge on any atom is -0.469 e. The summed E-state index contributed by atoms with van der Waals surface area (Å²) < 4.78 is 5.66. The van der Waals surface area contributed by atoms with Crippen LogP contribution in [0.1, 0.15) is 17.7 Å². The minimum absolute atomic E-state index is 0.161. The van der Waals surface area contributed by atoms with Crippen LogP contribution in [-0.4, -0.2) is 13.1 Å². The highest BCUT2D eigenvalue weighted by Gasteiger charge is 2.16. The Morgan fingerprint density at radius 2 is 2.33 bits per heavy atom. The van der Waals surface area contributed by atoms with Gasteiger partial charge < -0.3 is 4.74 Å². The zero-order chi connectivity index (χ0) is 9.14. The van der Waals surface area contributed by atoms with Crippen LogP contribution in [0, 0.1) is 0 Å². The van der Waals surface area contributed by atoms with Crippen LogP contribution < -0.4 is 0 Å². The van der Waals surface area contributed by atoms with Gasteiger partial charge in [-0.2, -0.15) is 0 Å². The van der Waals surface area contributed by atoms with Gasteiger partial charge in [0, 0.05) is 4.88 Å². The highest BCUT2D eigenvalue weighted by molar-refractivity contribution is 9.11. The molecule has 1 rings (SSSR count). The van der Waals surface area contributed by atoms with E-state index in [1.165, 1.54) is 7.11 Å². The third-order valence-corrected chi connectivity index (χ3v) is 3.38. The first kappa shape index (κ1) is 9.74. The summed E-state index contributed by atoms with van der Waals surface area (Å²) in [4.78, 5) is 12.1. The van der Waals surface area contributed by atoms with E-state index >= 15 is 0 Å². The van der Waals surface area contributed by atoms with Crippen LogP contribution in [0.4, 0.5) is 0 Å². The lowest BCUT2D eigenvalue weighted by Gasteiger charge is -2.04. The molecule has 0 fully saturated rings. The lowest BCUT2D eigenvalue weighted by Crippen LogP contribution is -2.09. The molecule has 2 nitrogen and oxygen atoms in total. The Bertz CT molecular complexity index is 282. The molecule has 0 spiro atoms. The fourth-order valence-corrected chi connectivity index (χ4v) is 2.32. The van der Waals surface area contributed by atoms with Crippen molar-refractivity contribution in [2.24, 2.45) is 0 Å². The van der Waals surface area contributed by atoms with Crippen molar-refractivity contribution in [2.75, 3.05) is 7.11 Å². The lowest BCUT2D eigenvalue weighted by atomic mass is 10.1. The van der Waals surface area contributed by atoms with E-state index in [4.69, 9.17) is 0 Å². The van der Waals surface area contributed by atoms with Crippen LogP contribution >= 0.6 is 27.3 Å². The van der Waals surface area contributed by atoms with E-state index < -0.39 is 0 Å². The minimum atomic E-state index is -0.190. The molecule has 0 aromatic carbocycles. The summed E-state index contributed by atoms with van der Waals surface area (Å²) in [6, 6.07) is 3.86. The molecular weight excluding hydrogens is 240 g/mol. The standard InChI is InChI=1S/C8H9BrO2S/c1-5(8(10)11-2)6-3-4-7(9)12-6/h3-5H,1-2H3/t5-/m1/s1. The number of thiophene rings is 1. The first-order valence-electron chi connectivity index (χ1n) is 3.48. The van der Waals surface area contributed by atoms with Gasteiger partial charge in [0.1, 0.15) is 0 Å². The first-order valence-corrected chi connectivity index (χ1v) is 5.09. The van der Waals surface area contributed by atoms with Crippen LogP contribution in [-0.2, 0) is 9.53 Å². The molecule has 1 atom stereocenters. The molecule has 0 aliphatic carbocycles. The van der Waals surface area contributed by atoms with Crippen LogP contribution in [0.2, 0.25) is 0 Å².